The lowest BCUT2D eigenvalue weighted by Crippen LogP contribution is -2.52. The molecule has 2 fully saturated rings. The Balaban J connectivity index is 1.33. The third kappa shape index (κ3) is 6.40. The van der Waals surface area contributed by atoms with Gasteiger partial charge in [0.1, 0.15) is 0 Å². The van der Waals surface area contributed by atoms with Crippen LogP contribution in [0.2, 0.25) is 5.02 Å². The van der Waals surface area contributed by atoms with Gasteiger partial charge in [0.05, 0.1) is 12.3 Å². The third-order valence-electron chi connectivity index (χ3n) is 5.20. The zero-order valence-corrected chi connectivity index (χ0v) is 17.3. The average Bonchev–Trinajstić information content (AvgIpc) is 2.70. The van der Waals surface area contributed by atoms with E-state index in [2.05, 4.69) is 4.90 Å². The first-order valence-electron chi connectivity index (χ1n) is 9.72. The normalized spacial score (nSPS) is 18.6. The maximum Gasteiger partial charge on any atom is 0.236 e. The summed E-state index contributed by atoms with van der Waals surface area (Å²) in [4.78, 5) is 30.9. The van der Waals surface area contributed by atoms with Crippen molar-refractivity contribution in [3.05, 3.63) is 34.9 Å². The molecule has 7 heteroatoms. The average molecular weight is 410 g/mol. The third-order valence-corrected chi connectivity index (χ3v) is 6.44. The topological polar surface area (TPSA) is 43.9 Å². The minimum absolute atomic E-state index is 0.191. The summed E-state index contributed by atoms with van der Waals surface area (Å²) in [5.41, 5.74) is 1.18. The van der Waals surface area contributed by atoms with Crippen LogP contribution in [0.3, 0.4) is 0 Å². The number of rotatable bonds is 6. The van der Waals surface area contributed by atoms with E-state index in [9.17, 15) is 9.59 Å². The zero-order chi connectivity index (χ0) is 19.1. The maximum atomic E-state index is 12.4. The van der Waals surface area contributed by atoms with Crippen molar-refractivity contribution in [3.8, 4) is 0 Å². The summed E-state index contributed by atoms with van der Waals surface area (Å²) in [6, 6.07) is 7.75. The fraction of sp³-hybridized carbons (Fsp3) is 0.600. The number of amides is 2. The zero-order valence-electron chi connectivity index (χ0n) is 15.7. The molecule has 27 heavy (non-hydrogen) atoms. The highest BCUT2D eigenvalue weighted by atomic mass is 35.5. The summed E-state index contributed by atoms with van der Waals surface area (Å²) in [5.74, 6) is 1.74. The van der Waals surface area contributed by atoms with Crippen molar-refractivity contribution >= 4 is 35.2 Å². The maximum absolute atomic E-state index is 12.4. The molecule has 0 unspecified atom stereocenters. The molecule has 0 atom stereocenters. The molecule has 5 nitrogen and oxygen atoms in total. The molecule has 0 bridgehead atoms. The molecule has 0 saturated carbocycles. The van der Waals surface area contributed by atoms with Gasteiger partial charge in [-0.15, -0.1) is 11.8 Å². The van der Waals surface area contributed by atoms with Gasteiger partial charge in [-0.25, -0.2) is 0 Å². The monoisotopic (exact) mass is 409 g/mol. The summed E-state index contributed by atoms with van der Waals surface area (Å²) in [5, 5.41) is 0.733. The molecule has 0 aromatic heterocycles. The number of hydrogen-bond donors (Lipinski definition) is 0. The molecule has 1 aromatic rings. The van der Waals surface area contributed by atoms with Crippen LogP contribution in [-0.2, 0) is 15.3 Å². The van der Waals surface area contributed by atoms with Crippen LogP contribution in [0.1, 0.15) is 24.8 Å². The second-order valence-electron chi connectivity index (χ2n) is 7.22. The fourth-order valence-corrected chi connectivity index (χ4v) is 4.53. The number of hydrogen-bond acceptors (Lipinski definition) is 4. The summed E-state index contributed by atoms with van der Waals surface area (Å²) < 4.78 is 0. The second kappa shape index (κ2) is 10.3. The van der Waals surface area contributed by atoms with Gasteiger partial charge in [-0.2, -0.15) is 0 Å². The Morgan fingerprint density at radius 2 is 1.48 bits per heavy atom. The smallest absolute Gasteiger partial charge is 0.236 e. The quantitative estimate of drug-likeness (QED) is 0.724. The number of piperazine rings is 1. The van der Waals surface area contributed by atoms with Crippen LogP contribution < -0.4 is 0 Å². The molecule has 2 aliphatic rings. The SMILES string of the molecule is O=C(CSCc1ccc(Cl)cc1)N1CCN(CC(=O)N2CCCCC2)CC1. The molecule has 0 spiro atoms. The molecule has 2 heterocycles. The molecule has 1 aromatic carbocycles. The van der Waals surface area contributed by atoms with Crippen LogP contribution in [0, 0.1) is 0 Å². The molecule has 2 amide bonds. The van der Waals surface area contributed by atoms with Gasteiger partial charge in [0, 0.05) is 50.0 Å². The van der Waals surface area contributed by atoms with E-state index in [1.807, 2.05) is 34.1 Å². The molecule has 148 valence electrons. The van der Waals surface area contributed by atoms with Crippen LogP contribution in [0.25, 0.3) is 0 Å². The van der Waals surface area contributed by atoms with Gasteiger partial charge in [-0.3, -0.25) is 14.5 Å². The lowest BCUT2D eigenvalue weighted by molar-refractivity contribution is -0.134. The molecule has 3 rings (SSSR count). The first-order valence-corrected chi connectivity index (χ1v) is 11.3. The molecular formula is C20H28ClN3O2S. The Labute approximate surface area is 171 Å². The Bertz CT molecular complexity index is 627. The Morgan fingerprint density at radius 1 is 0.852 bits per heavy atom. The van der Waals surface area contributed by atoms with E-state index in [0.29, 0.717) is 25.4 Å². The van der Waals surface area contributed by atoms with Gasteiger partial charge in [0.15, 0.2) is 0 Å². The van der Waals surface area contributed by atoms with Crippen molar-refractivity contribution in [2.45, 2.75) is 25.0 Å². The van der Waals surface area contributed by atoms with E-state index < -0.39 is 0 Å². The highest BCUT2D eigenvalue weighted by molar-refractivity contribution is 7.99. The van der Waals surface area contributed by atoms with Gasteiger partial charge in [0.25, 0.3) is 0 Å². The summed E-state index contributed by atoms with van der Waals surface area (Å²) in [7, 11) is 0. The van der Waals surface area contributed by atoms with E-state index in [4.69, 9.17) is 11.6 Å². The lowest BCUT2D eigenvalue weighted by atomic mass is 10.1. The molecule has 0 N–H and O–H groups in total. The fourth-order valence-electron chi connectivity index (χ4n) is 3.52. The summed E-state index contributed by atoms with van der Waals surface area (Å²) in [6.45, 7) is 5.30. The minimum atomic E-state index is 0.191. The summed E-state index contributed by atoms with van der Waals surface area (Å²) in [6.07, 6.45) is 3.49. The van der Waals surface area contributed by atoms with Gasteiger partial charge < -0.3 is 9.80 Å². The predicted molar refractivity (Wildman–Crippen MR) is 111 cm³/mol. The van der Waals surface area contributed by atoms with E-state index in [1.54, 1.807) is 11.8 Å². The number of halogens is 1. The minimum Gasteiger partial charge on any atom is -0.342 e. The Morgan fingerprint density at radius 3 is 2.15 bits per heavy atom. The van der Waals surface area contributed by atoms with Crippen molar-refractivity contribution in [3.63, 3.8) is 0 Å². The Hall–Kier alpha value is -1.24. The van der Waals surface area contributed by atoms with Crippen molar-refractivity contribution in [2.75, 3.05) is 51.6 Å². The predicted octanol–water partition coefficient (Wildman–Crippen LogP) is 2.73. The van der Waals surface area contributed by atoms with Gasteiger partial charge in [-0.1, -0.05) is 23.7 Å². The first kappa shape index (κ1) is 20.5. The van der Waals surface area contributed by atoms with Crippen molar-refractivity contribution < 1.29 is 9.59 Å². The number of carbonyl (C=O) groups excluding carboxylic acids is 2. The van der Waals surface area contributed by atoms with Crippen molar-refractivity contribution in [1.29, 1.82) is 0 Å². The second-order valence-corrected chi connectivity index (χ2v) is 8.64. The molecule has 0 radical (unpaired) electrons. The largest absolute Gasteiger partial charge is 0.342 e. The van der Waals surface area contributed by atoms with E-state index >= 15 is 0 Å². The molecule has 2 saturated heterocycles. The highest BCUT2D eigenvalue weighted by Crippen LogP contribution is 2.16. The van der Waals surface area contributed by atoms with Crippen LogP contribution in [0.15, 0.2) is 24.3 Å². The number of nitrogens with zero attached hydrogens (tertiary/aromatic N) is 3. The molecule has 0 aliphatic carbocycles. The number of thioether (sulfide) groups is 1. The standard InChI is InChI=1S/C20H28ClN3O2S/c21-18-6-4-17(5-7-18)15-27-16-20(26)24-12-10-22(11-13-24)14-19(25)23-8-2-1-3-9-23/h4-7H,1-3,8-16H2. The van der Waals surface area contributed by atoms with Crippen LogP contribution in [-0.4, -0.2) is 78.1 Å². The molecule has 2 aliphatic heterocycles. The van der Waals surface area contributed by atoms with Crippen LogP contribution in [0.4, 0.5) is 0 Å². The van der Waals surface area contributed by atoms with Crippen molar-refractivity contribution in [1.82, 2.24) is 14.7 Å². The summed E-state index contributed by atoms with van der Waals surface area (Å²) >= 11 is 7.53. The van der Waals surface area contributed by atoms with E-state index in [-0.39, 0.29) is 11.8 Å². The van der Waals surface area contributed by atoms with E-state index in [1.165, 1.54) is 12.0 Å². The van der Waals surface area contributed by atoms with Crippen LogP contribution in [0.5, 0.6) is 0 Å². The number of likely N-dealkylation sites (tertiary alicyclic amines) is 1. The van der Waals surface area contributed by atoms with Crippen LogP contribution >= 0.6 is 23.4 Å². The lowest BCUT2D eigenvalue weighted by Gasteiger charge is -2.36. The van der Waals surface area contributed by atoms with Gasteiger partial charge in [0.2, 0.25) is 11.8 Å². The van der Waals surface area contributed by atoms with Gasteiger partial charge >= 0.3 is 0 Å². The number of carbonyl (C=O) groups is 2. The van der Waals surface area contributed by atoms with Gasteiger partial charge in [-0.05, 0) is 37.0 Å². The molecular weight excluding hydrogens is 382 g/mol. The Kier molecular flexibility index (Phi) is 7.85. The van der Waals surface area contributed by atoms with E-state index in [0.717, 1.165) is 49.8 Å². The van der Waals surface area contributed by atoms with Crippen molar-refractivity contribution in [2.24, 2.45) is 0 Å². The number of benzene rings is 1. The number of piperidine rings is 1. The highest BCUT2D eigenvalue weighted by Gasteiger charge is 2.24. The first-order chi connectivity index (χ1) is 13.1.